The van der Waals surface area contributed by atoms with Crippen molar-refractivity contribution in [2.45, 2.75) is 19.4 Å². The average molecular weight is 347 g/mol. The van der Waals surface area contributed by atoms with E-state index in [2.05, 4.69) is 5.32 Å². The Hall–Kier alpha value is -2.77. The van der Waals surface area contributed by atoms with Gasteiger partial charge in [-0.2, -0.15) is 0 Å². The van der Waals surface area contributed by atoms with Crippen LogP contribution in [0.2, 0.25) is 0 Å². The Kier molecular flexibility index (Phi) is 4.52. The Labute approximate surface area is 145 Å². The molecular formula is C17H21N3O5. The molecular weight excluding hydrogens is 326 g/mol. The van der Waals surface area contributed by atoms with E-state index < -0.39 is 17.4 Å². The second-order valence-corrected chi connectivity index (χ2v) is 6.06. The molecule has 1 atom stereocenters. The first kappa shape index (κ1) is 17.1. The van der Waals surface area contributed by atoms with Gasteiger partial charge in [-0.15, -0.1) is 0 Å². The maximum Gasteiger partial charge on any atom is 0.409 e. The zero-order valence-corrected chi connectivity index (χ0v) is 14.3. The highest BCUT2D eigenvalue weighted by molar-refractivity contribution is 6.15. The fraction of sp³-hybridized carbons (Fsp3) is 0.471. The van der Waals surface area contributed by atoms with Gasteiger partial charge in [0.05, 0.1) is 12.3 Å². The lowest BCUT2D eigenvalue weighted by atomic mass is 10.0. The first-order valence-corrected chi connectivity index (χ1v) is 8.26. The van der Waals surface area contributed by atoms with E-state index in [4.69, 9.17) is 9.47 Å². The third-order valence-corrected chi connectivity index (χ3v) is 4.38. The van der Waals surface area contributed by atoms with Gasteiger partial charge in [-0.1, -0.05) is 12.1 Å². The molecule has 0 spiro atoms. The summed E-state index contributed by atoms with van der Waals surface area (Å²) in [5, 5.41) is 2.72. The monoisotopic (exact) mass is 347 g/mol. The summed E-state index contributed by atoms with van der Waals surface area (Å²) in [6.07, 6.45) is -0.388. The third kappa shape index (κ3) is 3.11. The van der Waals surface area contributed by atoms with Crippen molar-refractivity contribution in [3.05, 3.63) is 24.3 Å². The Balaban J connectivity index is 1.69. The molecule has 3 rings (SSSR count). The Bertz CT molecular complexity index is 699. The van der Waals surface area contributed by atoms with Crippen LogP contribution in [0.15, 0.2) is 24.3 Å². The number of fused-ring (bicyclic) bond motifs is 1. The second-order valence-electron chi connectivity index (χ2n) is 6.06. The highest BCUT2D eigenvalue weighted by atomic mass is 16.6. The molecule has 2 aliphatic heterocycles. The van der Waals surface area contributed by atoms with E-state index in [-0.39, 0.29) is 6.09 Å². The van der Waals surface area contributed by atoms with E-state index in [9.17, 15) is 14.4 Å². The molecule has 3 amide bonds. The Morgan fingerprint density at radius 3 is 2.52 bits per heavy atom. The molecule has 2 heterocycles. The van der Waals surface area contributed by atoms with E-state index in [1.165, 1.54) is 6.92 Å². The third-order valence-electron chi connectivity index (χ3n) is 4.38. The van der Waals surface area contributed by atoms with E-state index in [0.29, 0.717) is 44.2 Å². The number of nitrogens with one attached hydrogen (secondary N) is 1. The fourth-order valence-corrected chi connectivity index (χ4v) is 2.92. The number of anilines is 1. The minimum absolute atomic E-state index is 0.309. The highest BCUT2D eigenvalue weighted by Gasteiger charge is 2.49. The van der Waals surface area contributed by atoms with Crippen LogP contribution in [-0.4, -0.2) is 66.1 Å². The molecule has 8 heteroatoms. The summed E-state index contributed by atoms with van der Waals surface area (Å²) < 4.78 is 10.7. The molecule has 25 heavy (non-hydrogen) atoms. The van der Waals surface area contributed by atoms with Crippen molar-refractivity contribution in [3.8, 4) is 5.75 Å². The quantitative estimate of drug-likeness (QED) is 0.809. The number of hydrogen-bond acceptors (Lipinski definition) is 5. The normalized spacial score (nSPS) is 22.6. The van der Waals surface area contributed by atoms with Crippen LogP contribution in [0.4, 0.5) is 10.5 Å². The van der Waals surface area contributed by atoms with Crippen molar-refractivity contribution in [1.82, 2.24) is 9.80 Å². The zero-order chi connectivity index (χ0) is 18.0. The molecule has 0 radical (unpaired) electrons. The van der Waals surface area contributed by atoms with Gasteiger partial charge in [0.1, 0.15) is 5.75 Å². The van der Waals surface area contributed by atoms with Crippen molar-refractivity contribution < 1.29 is 23.9 Å². The maximum absolute atomic E-state index is 12.9. The summed E-state index contributed by atoms with van der Waals surface area (Å²) in [5.74, 6) is -0.449. The van der Waals surface area contributed by atoms with Crippen LogP contribution in [0.5, 0.6) is 5.75 Å². The van der Waals surface area contributed by atoms with Crippen LogP contribution in [0.25, 0.3) is 0 Å². The minimum atomic E-state index is -1.62. The first-order valence-electron chi connectivity index (χ1n) is 8.26. The number of rotatable bonds is 2. The lowest BCUT2D eigenvalue weighted by molar-refractivity contribution is -0.155. The van der Waals surface area contributed by atoms with Gasteiger partial charge in [0.25, 0.3) is 17.4 Å². The minimum Gasteiger partial charge on any atom is -0.466 e. The largest absolute Gasteiger partial charge is 0.466 e. The molecule has 1 aromatic carbocycles. The van der Waals surface area contributed by atoms with Crippen LogP contribution >= 0.6 is 0 Å². The van der Waals surface area contributed by atoms with Gasteiger partial charge in [0.2, 0.25) is 0 Å². The van der Waals surface area contributed by atoms with Crippen molar-refractivity contribution in [2.75, 3.05) is 38.1 Å². The summed E-state index contributed by atoms with van der Waals surface area (Å²) >= 11 is 0. The number of para-hydroxylation sites is 2. The summed E-state index contributed by atoms with van der Waals surface area (Å²) in [7, 11) is 0. The molecule has 1 fully saturated rings. The van der Waals surface area contributed by atoms with Crippen molar-refractivity contribution in [1.29, 1.82) is 0 Å². The molecule has 0 aromatic heterocycles. The zero-order valence-electron chi connectivity index (χ0n) is 14.3. The topological polar surface area (TPSA) is 88.2 Å². The van der Waals surface area contributed by atoms with Crippen molar-refractivity contribution in [2.24, 2.45) is 0 Å². The predicted molar refractivity (Wildman–Crippen MR) is 89.3 cm³/mol. The van der Waals surface area contributed by atoms with E-state index >= 15 is 0 Å². The summed E-state index contributed by atoms with van der Waals surface area (Å²) in [5.41, 5.74) is -1.08. The molecule has 0 saturated carbocycles. The van der Waals surface area contributed by atoms with Gasteiger partial charge in [0.15, 0.2) is 0 Å². The number of nitrogens with zero attached hydrogens (tertiary/aromatic N) is 2. The highest BCUT2D eigenvalue weighted by Crippen LogP contribution is 2.34. The maximum atomic E-state index is 12.9. The number of carbonyl (C=O) groups is 3. The number of hydrogen-bond donors (Lipinski definition) is 1. The molecule has 1 aromatic rings. The van der Waals surface area contributed by atoms with Crippen LogP contribution in [0.1, 0.15) is 13.8 Å². The first-order chi connectivity index (χ1) is 12.0. The fourth-order valence-electron chi connectivity index (χ4n) is 2.92. The molecule has 134 valence electrons. The second kappa shape index (κ2) is 6.62. The van der Waals surface area contributed by atoms with E-state index in [1.807, 2.05) is 0 Å². The summed E-state index contributed by atoms with van der Waals surface area (Å²) in [4.78, 5) is 40.2. The number of ether oxygens (including phenoxy) is 2. The van der Waals surface area contributed by atoms with Crippen LogP contribution in [0, 0.1) is 0 Å². The smallest absolute Gasteiger partial charge is 0.409 e. The molecule has 0 aliphatic carbocycles. The lowest BCUT2D eigenvalue weighted by Gasteiger charge is -2.40. The number of amides is 3. The van der Waals surface area contributed by atoms with Gasteiger partial charge in [-0.25, -0.2) is 4.79 Å². The SMILES string of the molecule is CCOC(=O)N1CCN(C(=O)C2(C)Oc3ccccc3NC2=O)CC1. The molecule has 1 N–H and O–H groups in total. The van der Waals surface area contributed by atoms with Gasteiger partial charge in [0, 0.05) is 26.2 Å². The van der Waals surface area contributed by atoms with E-state index in [1.54, 1.807) is 41.0 Å². The molecule has 1 saturated heterocycles. The Morgan fingerprint density at radius 2 is 1.84 bits per heavy atom. The number of benzene rings is 1. The lowest BCUT2D eigenvalue weighted by Crippen LogP contribution is -2.62. The van der Waals surface area contributed by atoms with Crippen molar-refractivity contribution in [3.63, 3.8) is 0 Å². The molecule has 1 unspecified atom stereocenters. The molecule has 0 bridgehead atoms. The van der Waals surface area contributed by atoms with Crippen molar-refractivity contribution >= 4 is 23.6 Å². The van der Waals surface area contributed by atoms with Gasteiger partial charge >= 0.3 is 6.09 Å². The molecule has 2 aliphatic rings. The van der Waals surface area contributed by atoms with Gasteiger partial charge in [-0.3, -0.25) is 9.59 Å². The van der Waals surface area contributed by atoms with Crippen LogP contribution in [0.3, 0.4) is 0 Å². The standard InChI is InChI=1S/C17H21N3O5/c1-3-24-16(23)20-10-8-19(9-11-20)15(22)17(2)14(21)18-12-6-4-5-7-13(12)25-17/h4-7H,3,8-11H2,1-2H3,(H,18,21). The van der Waals surface area contributed by atoms with Crippen LogP contribution in [-0.2, 0) is 14.3 Å². The number of piperazine rings is 1. The summed E-state index contributed by atoms with van der Waals surface area (Å²) in [6, 6.07) is 6.98. The van der Waals surface area contributed by atoms with Gasteiger partial charge in [-0.05, 0) is 26.0 Å². The predicted octanol–water partition coefficient (Wildman–Crippen LogP) is 1.08. The Morgan fingerprint density at radius 1 is 1.20 bits per heavy atom. The average Bonchev–Trinajstić information content (AvgIpc) is 2.62. The van der Waals surface area contributed by atoms with Gasteiger partial charge < -0.3 is 24.6 Å². The number of carbonyl (C=O) groups excluding carboxylic acids is 3. The summed E-state index contributed by atoms with van der Waals surface area (Å²) in [6.45, 7) is 4.89. The molecule has 8 nitrogen and oxygen atoms in total. The van der Waals surface area contributed by atoms with E-state index in [0.717, 1.165) is 0 Å². The van der Waals surface area contributed by atoms with Crippen LogP contribution < -0.4 is 10.1 Å².